The molecule has 1 aliphatic heterocycles. The van der Waals surface area contributed by atoms with Gasteiger partial charge in [0.05, 0.1) is 4.90 Å². The molecular formula is C20H24N2O3S. The van der Waals surface area contributed by atoms with Crippen molar-refractivity contribution in [1.82, 2.24) is 4.31 Å². The Labute approximate surface area is 155 Å². The highest BCUT2D eigenvalue weighted by molar-refractivity contribution is 7.89. The smallest absolute Gasteiger partial charge is 0.255 e. The molecule has 0 unspecified atom stereocenters. The van der Waals surface area contributed by atoms with E-state index in [1.54, 1.807) is 12.1 Å². The number of aryl methyl sites for hydroxylation is 2. The van der Waals surface area contributed by atoms with Gasteiger partial charge in [0.25, 0.3) is 5.91 Å². The van der Waals surface area contributed by atoms with E-state index in [1.807, 2.05) is 32.0 Å². The van der Waals surface area contributed by atoms with Crippen molar-refractivity contribution >= 4 is 21.6 Å². The number of carbonyl (C=O) groups excluding carboxylic acids is 1. The molecule has 1 heterocycles. The van der Waals surface area contributed by atoms with Crippen molar-refractivity contribution in [2.45, 2.75) is 38.0 Å². The van der Waals surface area contributed by atoms with Gasteiger partial charge in [0.2, 0.25) is 10.0 Å². The fraction of sp³-hybridized carbons (Fsp3) is 0.350. The number of benzene rings is 2. The fourth-order valence-electron chi connectivity index (χ4n) is 3.23. The number of rotatable bonds is 4. The number of hydrogen-bond acceptors (Lipinski definition) is 3. The fourth-order valence-corrected chi connectivity index (χ4v) is 4.75. The monoisotopic (exact) mass is 372 g/mol. The third kappa shape index (κ3) is 3.81. The van der Waals surface area contributed by atoms with Gasteiger partial charge in [0, 0.05) is 24.3 Å². The van der Waals surface area contributed by atoms with Gasteiger partial charge >= 0.3 is 0 Å². The van der Waals surface area contributed by atoms with Crippen molar-refractivity contribution in [3.05, 3.63) is 59.2 Å². The lowest BCUT2D eigenvalue weighted by atomic mass is 10.1. The molecule has 1 fully saturated rings. The minimum atomic E-state index is -3.48. The number of sulfonamides is 1. The molecule has 1 amide bonds. The van der Waals surface area contributed by atoms with Crippen molar-refractivity contribution in [3.8, 4) is 0 Å². The molecule has 3 rings (SSSR count). The van der Waals surface area contributed by atoms with Crippen LogP contribution in [0.4, 0.5) is 5.69 Å². The Morgan fingerprint density at radius 3 is 2.08 bits per heavy atom. The van der Waals surface area contributed by atoms with Crippen molar-refractivity contribution < 1.29 is 13.2 Å². The summed E-state index contributed by atoms with van der Waals surface area (Å²) in [6.07, 6.45) is 2.87. The van der Waals surface area contributed by atoms with Crippen LogP contribution in [0, 0.1) is 13.8 Å². The van der Waals surface area contributed by atoms with E-state index < -0.39 is 10.0 Å². The molecule has 0 saturated carbocycles. The van der Waals surface area contributed by atoms with Crippen LogP contribution in [-0.4, -0.2) is 31.7 Å². The van der Waals surface area contributed by atoms with Gasteiger partial charge in [-0.05, 0) is 62.1 Å². The van der Waals surface area contributed by atoms with Gasteiger partial charge in [0.1, 0.15) is 0 Å². The van der Waals surface area contributed by atoms with E-state index in [-0.39, 0.29) is 10.8 Å². The maximum atomic E-state index is 12.7. The molecule has 1 aliphatic rings. The van der Waals surface area contributed by atoms with Gasteiger partial charge in [-0.15, -0.1) is 0 Å². The molecule has 5 nitrogen and oxygen atoms in total. The number of anilines is 1. The average Bonchev–Trinajstić information content (AvgIpc) is 2.65. The first-order valence-electron chi connectivity index (χ1n) is 8.87. The Bertz CT molecular complexity index is 879. The van der Waals surface area contributed by atoms with Crippen molar-refractivity contribution in [2.24, 2.45) is 0 Å². The standard InChI is InChI=1S/C20H24N2O3S/c1-15-7-6-8-16(2)19(15)21-20(23)17-9-11-18(12-10-17)26(24,25)22-13-4-3-5-14-22/h6-12H,3-5,13-14H2,1-2H3,(H,21,23). The van der Waals surface area contributed by atoms with Crippen LogP contribution in [-0.2, 0) is 10.0 Å². The van der Waals surface area contributed by atoms with E-state index >= 15 is 0 Å². The molecule has 1 N–H and O–H groups in total. The van der Waals surface area contributed by atoms with Crippen LogP contribution in [0.1, 0.15) is 40.7 Å². The lowest BCUT2D eigenvalue weighted by molar-refractivity contribution is 0.102. The zero-order valence-electron chi connectivity index (χ0n) is 15.2. The minimum absolute atomic E-state index is 0.239. The van der Waals surface area contributed by atoms with E-state index in [0.717, 1.165) is 36.1 Å². The summed E-state index contributed by atoms with van der Waals surface area (Å²) in [6.45, 7) is 5.02. The highest BCUT2D eigenvalue weighted by Gasteiger charge is 2.26. The van der Waals surface area contributed by atoms with Gasteiger partial charge in [-0.3, -0.25) is 4.79 Å². The summed E-state index contributed by atoms with van der Waals surface area (Å²) < 4.78 is 26.9. The van der Waals surface area contributed by atoms with Gasteiger partial charge in [0.15, 0.2) is 0 Å². The Hall–Kier alpha value is -2.18. The molecular weight excluding hydrogens is 348 g/mol. The second kappa shape index (κ2) is 7.60. The molecule has 0 aliphatic carbocycles. The summed E-state index contributed by atoms with van der Waals surface area (Å²) >= 11 is 0. The van der Waals surface area contributed by atoms with E-state index in [1.165, 1.54) is 16.4 Å². The number of amides is 1. The van der Waals surface area contributed by atoms with Crippen LogP contribution in [0.3, 0.4) is 0 Å². The van der Waals surface area contributed by atoms with E-state index in [9.17, 15) is 13.2 Å². The Morgan fingerprint density at radius 2 is 1.50 bits per heavy atom. The molecule has 0 atom stereocenters. The van der Waals surface area contributed by atoms with Gasteiger partial charge in [-0.1, -0.05) is 24.6 Å². The summed E-state index contributed by atoms with van der Waals surface area (Å²) in [5.41, 5.74) is 3.21. The van der Waals surface area contributed by atoms with Crippen LogP contribution >= 0.6 is 0 Å². The largest absolute Gasteiger partial charge is 0.322 e. The number of nitrogens with one attached hydrogen (secondary N) is 1. The Balaban J connectivity index is 1.78. The Kier molecular flexibility index (Phi) is 5.44. The maximum Gasteiger partial charge on any atom is 0.255 e. The van der Waals surface area contributed by atoms with Gasteiger partial charge in [-0.25, -0.2) is 8.42 Å². The third-order valence-corrected chi connectivity index (χ3v) is 6.70. The second-order valence-electron chi connectivity index (χ2n) is 6.71. The normalized spacial score (nSPS) is 15.6. The predicted octanol–water partition coefficient (Wildman–Crippen LogP) is 3.73. The molecule has 0 radical (unpaired) electrons. The van der Waals surface area contributed by atoms with Gasteiger partial charge in [-0.2, -0.15) is 4.31 Å². The van der Waals surface area contributed by atoms with Crippen LogP contribution in [0.15, 0.2) is 47.4 Å². The number of nitrogens with zero attached hydrogens (tertiary/aromatic N) is 1. The summed E-state index contributed by atoms with van der Waals surface area (Å²) in [6, 6.07) is 12.0. The van der Waals surface area contributed by atoms with E-state index in [4.69, 9.17) is 0 Å². The molecule has 0 spiro atoms. The lowest BCUT2D eigenvalue weighted by Crippen LogP contribution is -2.35. The zero-order chi connectivity index (χ0) is 18.7. The lowest BCUT2D eigenvalue weighted by Gasteiger charge is -2.25. The second-order valence-corrected chi connectivity index (χ2v) is 8.65. The SMILES string of the molecule is Cc1cccc(C)c1NC(=O)c1ccc(S(=O)(=O)N2CCCCC2)cc1. The first-order valence-corrected chi connectivity index (χ1v) is 10.3. The van der Waals surface area contributed by atoms with E-state index in [0.29, 0.717) is 18.7 Å². The predicted molar refractivity (Wildman–Crippen MR) is 103 cm³/mol. The van der Waals surface area contributed by atoms with E-state index in [2.05, 4.69) is 5.32 Å². The summed E-state index contributed by atoms with van der Waals surface area (Å²) in [4.78, 5) is 12.7. The summed E-state index contributed by atoms with van der Waals surface area (Å²) in [7, 11) is -3.48. The quantitative estimate of drug-likeness (QED) is 0.889. The molecule has 138 valence electrons. The number of hydrogen-bond donors (Lipinski definition) is 1. The van der Waals surface area contributed by atoms with Crippen LogP contribution in [0.5, 0.6) is 0 Å². The average molecular weight is 372 g/mol. The number of para-hydroxylation sites is 1. The van der Waals surface area contributed by atoms with Crippen molar-refractivity contribution in [1.29, 1.82) is 0 Å². The summed E-state index contributed by atoms with van der Waals surface area (Å²) in [5.74, 6) is -0.246. The highest BCUT2D eigenvalue weighted by Crippen LogP contribution is 2.23. The molecule has 26 heavy (non-hydrogen) atoms. The first-order chi connectivity index (χ1) is 12.4. The maximum absolute atomic E-state index is 12.7. The van der Waals surface area contributed by atoms with Crippen LogP contribution in [0.2, 0.25) is 0 Å². The molecule has 0 aromatic heterocycles. The number of piperidine rings is 1. The van der Waals surface area contributed by atoms with Crippen molar-refractivity contribution in [3.63, 3.8) is 0 Å². The zero-order valence-corrected chi connectivity index (χ0v) is 16.0. The molecule has 2 aromatic carbocycles. The van der Waals surface area contributed by atoms with Crippen molar-refractivity contribution in [2.75, 3.05) is 18.4 Å². The molecule has 6 heteroatoms. The van der Waals surface area contributed by atoms with Crippen LogP contribution in [0.25, 0.3) is 0 Å². The molecule has 2 aromatic rings. The first kappa shape index (κ1) is 18.6. The van der Waals surface area contributed by atoms with Crippen LogP contribution < -0.4 is 5.32 Å². The third-order valence-electron chi connectivity index (χ3n) is 4.79. The topological polar surface area (TPSA) is 66.5 Å². The highest BCUT2D eigenvalue weighted by atomic mass is 32.2. The molecule has 0 bridgehead atoms. The summed E-state index contributed by atoms with van der Waals surface area (Å²) in [5, 5.41) is 2.92. The Morgan fingerprint density at radius 1 is 0.923 bits per heavy atom. The molecule has 1 saturated heterocycles. The van der Waals surface area contributed by atoms with Gasteiger partial charge < -0.3 is 5.32 Å². The number of carbonyl (C=O) groups is 1. The minimum Gasteiger partial charge on any atom is -0.322 e.